The second kappa shape index (κ2) is 7.68. The molecule has 0 amide bonds. The summed E-state index contributed by atoms with van der Waals surface area (Å²) in [5.41, 5.74) is 0.908. The largest absolute Gasteiger partial charge is 0.495 e. The van der Waals surface area contributed by atoms with Gasteiger partial charge in [0.25, 0.3) is 10.0 Å². The van der Waals surface area contributed by atoms with E-state index >= 15 is 0 Å². The highest BCUT2D eigenvalue weighted by Crippen LogP contribution is 2.28. The number of nitrogens with one attached hydrogen (secondary N) is 1. The monoisotopic (exact) mass is 367 g/mol. The third-order valence-corrected chi connectivity index (χ3v) is 4.99. The van der Waals surface area contributed by atoms with Gasteiger partial charge in [0.05, 0.1) is 7.11 Å². The second-order valence-electron chi connectivity index (χ2n) is 5.15. The molecule has 0 bridgehead atoms. The number of ketones is 1. The molecule has 0 spiro atoms. The fourth-order valence-corrected chi connectivity index (χ4v) is 3.66. The van der Waals surface area contributed by atoms with E-state index in [9.17, 15) is 13.2 Å². The molecule has 0 saturated heterocycles. The highest BCUT2D eigenvalue weighted by Gasteiger charge is 2.20. The van der Waals surface area contributed by atoms with Crippen molar-refractivity contribution in [3.8, 4) is 5.75 Å². The van der Waals surface area contributed by atoms with Crippen LogP contribution in [0, 0.1) is 0 Å². The lowest BCUT2D eigenvalue weighted by Crippen LogP contribution is -2.14. The second-order valence-corrected chi connectivity index (χ2v) is 7.24. The van der Waals surface area contributed by atoms with E-state index < -0.39 is 10.0 Å². The molecule has 2 aromatic carbocycles. The molecule has 0 saturated carbocycles. The van der Waals surface area contributed by atoms with Crippen molar-refractivity contribution >= 4 is 33.1 Å². The number of ether oxygens (including phenoxy) is 1. The molecule has 2 aromatic rings. The molecule has 128 valence electrons. The molecule has 5 nitrogen and oxygen atoms in total. The Labute approximate surface area is 146 Å². The first kappa shape index (κ1) is 18.3. The van der Waals surface area contributed by atoms with Crippen molar-refractivity contribution < 1.29 is 17.9 Å². The molecule has 24 heavy (non-hydrogen) atoms. The Hall–Kier alpha value is -2.05. The first-order valence-corrected chi connectivity index (χ1v) is 9.23. The number of methoxy groups -OCH3 is 1. The van der Waals surface area contributed by atoms with Crippen molar-refractivity contribution in [2.45, 2.75) is 24.7 Å². The summed E-state index contributed by atoms with van der Waals surface area (Å²) in [6.07, 6.45) is 1.23. The summed E-state index contributed by atoms with van der Waals surface area (Å²) in [6.45, 7) is 1.93. The molecule has 1 N–H and O–H groups in total. The smallest absolute Gasteiger partial charge is 0.265 e. The van der Waals surface area contributed by atoms with Crippen molar-refractivity contribution in [1.82, 2.24) is 0 Å². The maximum absolute atomic E-state index is 12.5. The molecule has 0 aliphatic heterocycles. The number of carbonyl (C=O) groups excluding carboxylic acids is 1. The summed E-state index contributed by atoms with van der Waals surface area (Å²) in [5, 5.41) is 0.289. The van der Waals surface area contributed by atoms with Gasteiger partial charge in [-0.05, 0) is 48.9 Å². The standard InChI is InChI=1S/C17H18ClNO4S/c1-3-4-15(20)12-5-8-14(9-6-12)19-24(21,22)17-11-13(18)7-10-16(17)23-2/h5-11,19H,3-4H2,1-2H3. The number of Topliss-reactive ketones (excluding diaryl/α,β-unsaturated/α-hetero) is 1. The number of hydrogen-bond donors (Lipinski definition) is 1. The molecule has 0 aliphatic rings. The predicted molar refractivity (Wildman–Crippen MR) is 94.5 cm³/mol. The Morgan fingerprint density at radius 2 is 1.83 bits per heavy atom. The molecule has 7 heteroatoms. The van der Waals surface area contributed by atoms with E-state index in [0.29, 0.717) is 17.7 Å². The fraction of sp³-hybridized carbons (Fsp3) is 0.235. The number of benzene rings is 2. The van der Waals surface area contributed by atoms with Gasteiger partial charge in [-0.15, -0.1) is 0 Å². The zero-order valence-corrected chi connectivity index (χ0v) is 14.9. The number of carbonyl (C=O) groups is 1. The predicted octanol–water partition coefficient (Wildman–Crippen LogP) is 4.13. The van der Waals surface area contributed by atoms with Crippen LogP contribution in [0.1, 0.15) is 30.1 Å². The van der Waals surface area contributed by atoms with Crippen molar-refractivity contribution in [2.75, 3.05) is 11.8 Å². The van der Waals surface area contributed by atoms with Gasteiger partial charge in [-0.25, -0.2) is 8.42 Å². The summed E-state index contributed by atoms with van der Waals surface area (Å²) in [5.74, 6) is 0.227. The minimum atomic E-state index is -3.87. The number of anilines is 1. The Balaban J connectivity index is 2.27. The number of rotatable bonds is 7. The lowest BCUT2D eigenvalue weighted by atomic mass is 10.1. The van der Waals surface area contributed by atoms with E-state index in [4.69, 9.17) is 16.3 Å². The summed E-state index contributed by atoms with van der Waals surface area (Å²) in [4.78, 5) is 11.8. The van der Waals surface area contributed by atoms with Gasteiger partial charge in [0.15, 0.2) is 5.78 Å². The molecule has 0 unspecified atom stereocenters. The van der Waals surface area contributed by atoms with Crippen LogP contribution in [0.25, 0.3) is 0 Å². The van der Waals surface area contributed by atoms with Crippen LogP contribution < -0.4 is 9.46 Å². The van der Waals surface area contributed by atoms with Gasteiger partial charge in [-0.3, -0.25) is 9.52 Å². The Morgan fingerprint density at radius 3 is 2.42 bits per heavy atom. The van der Waals surface area contributed by atoms with Crippen molar-refractivity contribution in [3.05, 3.63) is 53.1 Å². The van der Waals surface area contributed by atoms with Gasteiger partial charge >= 0.3 is 0 Å². The zero-order chi connectivity index (χ0) is 17.7. The molecule has 0 aliphatic carbocycles. The minimum Gasteiger partial charge on any atom is -0.495 e. The summed E-state index contributed by atoms with van der Waals surface area (Å²) >= 11 is 5.88. The quantitative estimate of drug-likeness (QED) is 0.747. The molecule has 0 aromatic heterocycles. The average molecular weight is 368 g/mol. The van der Waals surface area contributed by atoms with Gasteiger partial charge in [0, 0.05) is 22.7 Å². The molecule has 0 heterocycles. The molecule has 0 radical (unpaired) electrons. The molecule has 0 fully saturated rings. The zero-order valence-electron chi connectivity index (χ0n) is 13.4. The molecular formula is C17H18ClNO4S. The highest BCUT2D eigenvalue weighted by atomic mass is 35.5. The van der Waals surface area contributed by atoms with E-state index in [1.165, 1.54) is 19.2 Å². The van der Waals surface area contributed by atoms with Gasteiger partial charge < -0.3 is 4.74 Å². The van der Waals surface area contributed by atoms with E-state index in [2.05, 4.69) is 4.72 Å². The van der Waals surface area contributed by atoms with Crippen LogP contribution >= 0.6 is 11.6 Å². The summed E-state index contributed by atoms with van der Waals surface area (Å²) < 4.78 is 32.6. The molecular weight excluding hydrogens is 350 g/mol. The molecule has 2 rings (SSSR count). The van der Waals surface area contributed by atoms with Crippen LogP contribution in [-0.2, 0) is 10.0 Å². The highest BCUT2D eigenvalue weighted by molar-refractivity contribution is 7.92. The first-order chi connectivity index (χ1) is 11.4. The van der Waals surface area contributed by atoms with Gasteiger partial charge in [-0.1, -0.05) is 18.5 Å². The van der Waals surface area contributed by atoms with E-state index in [1.54, 1.807) is 30.3 Å². The lowest BCUT2D eigenvalue weighted by molar-refractivity contribution is 0.0982. The van der Waals surface area contributed by atoms with E-state index in [-0.39, 0.29) is 21.5 Å². The maximum Gasteiger partial charge on any atom is 0.265 e. The maximum atomic E-state index is 12.5. The van der Waals surface area contributed by atoms with E-state index in [0.717, 1.165) is 6.42 Å². The van der Waals surface area contributed by atoms with Crippen LogP contribution in [0.5, 0.6) is 5.75 Å². The van der Waals surface area contributed by atoms with Crippen molar-refractivity contribution in [2.24, 2.45) is 0 Å². The van der Waals surface area contributed by atoms with Gasteiger partial charge in [0.2, 0.25) is 0 Å². The average Bonchev–Trinajstić information content (AvgIpc) is 2.55. The number of hydrogen-bond acceptors (Lipinski definition) is 4. The van der Waals surface area contributed by atoms with Crippen LogP contribution in [0.4, 0.5) is 5.69 Å². The van der Waals surface area contributed by atoms with Crippen LogP contribution in [0.2, 0.25) is 5.02 Å². The van der Waals surface area contributed by atoms with Crippen molar-refractivity contribution in [1.29, 1.82) is 0 Å². The summed E-state index contributed by atoms with van der Waals surface area (Å²) in [6, 6.07) is 10.7. The third kappa shape index (κ3) is 4.27. The Morgan fingerprint density at radius 1 is 1.17 bits per heavy atom. The lowest BCUT2D eigenvalue weighted by Gasteiger charge is -2.12. The Kier molecular flexibility index (Phi) is 5.85. The van der Waals surface area contributed by atoms with Gasteiger partial charge in [0.1, 0.15) is 10.6 Å². The number of sulfonamides is 1. The van der Waals surface area contributed by atoms with Crippen LogP contribution in [0.15, 0.2) is 47.4 Å². The van der Waals surface area contributed by atoms with Crippen LogP contribution in [-0.4, -0.2) is 21.3 Å². The third-order valence-electron chi connectivity index (χ3n) is 3.35. The van der Waals surface area contributed by atoms with Gasteiger partial charge in [-0.2, -0.15) is 0 Å². The Bertz CT molecular complexity index is 832. The van der Waals surface area contributed by atoms with E-state index in [1.807, 2.05) is 6.92 Å². The summed E-state index contributed by atoms with van der Waals surface area (Å²) in [7, 11) is -2.48. The van der Waals surface area contributed by atoms with Crippen molar-refractivity contribution in [3.63, 3.8) is 0 Å². The normalized spacial score (nSPS) is 11.1. The fourth-order valence-electron chi connectivity index (χ4n) is 2.17. The first-order valence-electron chi connectivity index (χ1n) is 7.37. The minimum absolute atomic E-state index is 0.0309. The SMILES string of the molecule is CCCC(=O)c1ccc(NS(=O)(=O)c2cc(Cl)ccc2OC)cc1. The van der Waals surface area contributed by atoms with Crippen LogP contribution in [0.3, 0.4) is 0 Å². The number of halogens is 1. The topological polar surface area (TPSA) is 72.5 Å². The molecule has 0 atom stereocenters.